The van der Waals surface area contributed by atoms with Crippen LogP contribution in [0.4, 0.5) is 5.69 Å². The van der Waals surface area contributed by atoms with E-state index in [2.05, 4.69) is 19.2 Å². The van der Waals surface area contributed by atoms with Crippen molar-refractivity contribution in [2.24, 2.45) is 5.92 Å². The van der Waals surface area contributed by atoms with Crippen LogP contribution in [0.25, 0.3) is 0 Å². The molecule has 2 unspecified atom stereocenters. The second-order valence-corrected chi connectivity index (χ2v) is 5.68. The second kappa shape index (κ2) is 6.33. The lowest BCUT2D eigenvalue weighted by atomic mass is 10.1. The number of rotatable bonds is 5. The number of ether oxygens (including phenoxy) is 1. The molecule has 1 N–H and O–H groups in total. The molecule has 1 aromatic carbocycles. The Kier molecular flexibility index (Phi) is 4.76. The molecule has 0 heterocycles. The lowest BCUT2D eigenvalue weighted by Crippen LogP contribution is -2.16. The van der Waals surface area contributed by atoms with Gasteiger partial charge in [-0.1, -0.05) is 25.4 Å². The number of halogens is 1. The number of hydrogen-bond donors (Lipinski definition) is 1. The van der Waals surface area contributed by atoms with E-state index in [-0.39, 0.29) is 0 Å². The average molecular weight is 268 g/mol. The maximum absolute atomic E-state index is 6.07. The standard InChI is InChI=1S/C15H22ClNO/c1-3-8-18-15-7-5-12(16)10-14(15)17-13-6-4-11(2)9-13/h5,7,10-11,13,17H,3-4,6,8-9H2,1-2H3. The fourth-order valence-corrected chi connectivity index (χ4v) is 2.68. The zero-order chi connectivity index (χ0) is 13.0. The Morgan fingerprint density at radius 2 is 2.22 bits per heavy atom. The Morgan fingerprint density at radius 1 is 1.39 bits per heavy atom. The molecule has 2 atom stereocenters. The van der Waals surface area contributed by atoms with Crippen LogP contribution in [-0.4, -0.2) is 12.6 Å². The van der Waals surface area contributed by atoms with Gasteiger partial charge in [-0.2, -0.15) is 0 Å². The third-order valence-corrected chi connectivity index (χ3v) is 3.69. The van der Waals surface area contributed by atoms with Gasteiger partial charge >= 0.3 is 0 Å². The first kappa shape index (κ1) is 13.5. The molecular formula is C15H22ClNO. The van der Waals surface area contributed by atoms with Crippen molar-refractivity contribution in [3.63, 3.8) is 0 Å². The van der Waals surface area contributed by atoms with Gasteiger partial charge in [-0.05, 0) is 49.8 Å². The Labute approximate surface area is 115 Å². The summed E-state index contributed by atoms with van der Waals surface area (Å²) < 4.78 is 5.76. The fraction of sp³-hybridized carbons (Fsp3) is 0.600. The summed E-state index contributed by atoms with van der Waals surface area (Å²) in [4.78, 5) is 0. The molecule has 0 aliphatic heterocycles. The Balaban J connectivity index is 2.06. The molecule has 3 heteroatoms. The van der Waals surface area contributed by atoms with Crippen molar-refractivity contribution in [2.45, 2.75) is 45.6 Å². The van der Waals surface area contributed by atoms with E-state index < -0.39 is 0 Å². The van der Waals surface area contributed by atoms with Crippen LogP contribution < -0.4 is 10.1 Å². The van der Waals surface area contributed by atoms with Crippen molar-refractivity contribution in [2.75, 3.05) is 11.9 Å². The van der Waals surface area contributed by atoms with Crippen molar-refractivity contribution < 1.29 is 4.74 Å². The van der Waals surface area contributed by atoms with Crippen LogP contribution in [0, 0.1) is 5.92 Å². The van der Waals surface area contributed by atoms with Crippen LogP contribution in [0.5, 0.6) is 5.75 Å². The first-order valence-corrected chi connectivity index (χ1v) is 7.25. The highest BCUT2D eigenvalue weighted by atomic mass is 35.5. The molecule has 1 aliphatic carbocycles. The molecule has 1 saturated carbocycles. The van der Waals surface area contributed by atoms with E-state index in [4.69, 9.17) is 16.3 Å². The van der Waals surface area contributed by atoms with E-state index >= 15 is 0 Å². The molecule has 0 amide bonds. The lowest BCUT2D eigenvalue weighted by Gasteiger charge is -2.18. The van der Waals surface area contributed by atoms with Gasteiger partial charge in [-0.15, -0.1) is 0 Å². The maximum atomic E-state index is 6.07. The van der Waals surface area contributed by atoms with Crippen LogP contribution in [0.2, 0.25) is 5.02 Å². The SMILES string of the molecule is CCCOc1ccc(Cl)cc1NC1CCC(C)C1. The summed E-state index contributed by atoms with van der Waals surface area (Å²) in [6, 6.07) is 6.37. The van der Waals surface area contributed by atoms with Gasteiger partial charge in [0.2, 0.25) is 0 Å². The number of anilines is 1. The molecule has 0 aromatic heterocycles. The van der Waals surface area contributed by atoms with E-state index in [1.54, 1.807) is 0 Å². The van der Waals surface area contributed by atoms with Gasteiger partial charge in [0, 0.05) is 11.1 Å². The van der Waals surface area contributed by atoms with Gasteiger partial charge < -0.3 is 10.1 Å². The second-order valence-electron chi connectivity index (χ2n) is 5.25. The van der Waals surface area contributed by atoms with Crippen LogP contribution >= 0.6 is 11.6 Å². The molecular weight excluding hydrogens is 246 g/mol. The van der Waals surface area contributed by atoms with E-state index in [0.717, 1.165) is 35.4 Å². The third-order valence-electron chi connectivity index (χ3n) is 3.46. The molecule has 18 heavy (non-hydrogen) atoms. The average Bonchev–Trinajstić information content (AvgIpc) is 2.74. The lowest BCUT2D eigenvalue weighted by molar-refractivity contribution is 0.318. The first-order valence-electron chi connectivity index (χ1n) is 6.88. The number of nitrogens with one attached hydrogen (secondary N) is 1. The van der Waals surface area contributed by atoms with Gasteiger partial charge in [-0.3, -0.25) is 0 Å². The van der Waals surface area contributed by atoms with E-state index in [1.807, 2.05) is 18.2 Å². The molecule has 0 spiro atoms. The van der Waals surface area contributed by atoms with Crippen molar-refractivity contribution in [3.05, 3.63) is 23.2 Å². The largest absolute Gasteiger partial charge is 0.491 e. The van der Waals surface area contributed by atoms with Crippen LogP contribution in [0.1, 0.15) is 39.5 Å². The quantitative estimate of drug-likeness (QED) is 0.833. The molecule has 1 aliphatic rings. The zero-order valence-corrected chi connectivity index (χ0v) is 12.0. The molecule has 100 valence electrons. The smallest absolute Gasteiger partial charge is 0.142 e. The monoisotopic (exact) mass is 267 g/mol. The Morgan fingerprint density at radius 3 is 2.89 bits per heavy atom. The summed E-state index contributed by atoms with van der Waals surface area (Å²) in [5, 5.41) is 4.34. The fourth-order valence-electron chi connectivity index (χ4n) is 2.51. The normalized spacial score (nSPS) is 23.1. The Bertz CT molecular complexity index is 394. The predicted octanol–water partition coefficient (Wildman–Crippen LogP) is 4.73. The van der Waals surface area contributed by atoms with Crippen LogP contribution in [-0.2, 0) is 0 Å². The number of benzene rings is 1. The highest BCUT2D eigenvalue weighted by Gasteiger charge is 2.22. The van der Waals surface area contributed by atoms with Crippen LogP contribution in [0.15, 0.2) is 18.2 Å². The highest BCUT2D eigenvalue weighted by Crippen LogP contribution is 2.33. The molecule has 1 aromatic rings. The van der Waals surface area contributed by atoms with E-state index in [0.29, 0.717) is 6.04 Å². The highest BCUT2D eigenvalue weighted by molar-refractivity contribution is 6.30. The Hall–Kier alpha value is -0.890. The van der Waals surface area contributed by atoms with Crippen molar-refractivity contribution in [3.8, 4) is 5.75 Å². The summed E-state index contributed by atoms with van der Waals surface area (Å²) in [5.41, 5.74) is 1.04. The van der Waals surface area contributed by atoms with Crippen molar-refractivity contribution in [1.82, 2.24) is 0 Å². The summed E-state index contributed by atoms with van der Waals surface area (Å²) in [6.07, 6.45) is 4.80. The molecule has 0 radical (unpaired) electrons. The zero-order valence-electron chi connectivity index (χ0n) is 11.2. The first-order chi connectivity index (χ1) is 8.69. The molecule has 1 fully saturated rings. The summed E-state index contributed by atoms with van der Waals surface area (Å²) in [7, 11) is 0. The summed E-state index contributed by atoms with van der Waals surface area (Å²) in [6.45, 7) is 5.17. The van der Waals surface area contributed by atoms with Crippen molar-refractivity contribution in [1.29, 1.82) is 0 Å². The van der Waals surface area contributed by atoms with Gasteiger partial charge in [0.1, 0.15) is 5.75 Å². The minimum absolute atomic E-state index is 0.558. The molecule has 0 bridgehead atoms. The summed E-state index contributed by atoms with van der Waals surface area (Å²) in [5.74, 6) is 1.74. The minimum atomic E-state index is 0.558. The molecule has 0 saturated heterocycles. The third kappa shape index (κ3) is 3.55. The van der Waals surface area contributed by atoms with Gasteiger partial charge in [-0.25, -0.2) is 0 Å². The maximum Gasteiger partial charge on any atom is 0.142 e. The molecule has 2 nitrogen and oxygen atoms in total. The van der Waals surface area contributed by atoms with Gasteiger partial charge in [0.25, 0.3) is 0 Å². The van der Waals surface area contributed by atoms with Crippen molar-refractivity contribution >= 4 is 17.3 Å². The topological polar surface area (TPSA) is 21.3 Å². The molecule has 2 rings (SSSR count). The minimum Gasteiger partial charge on any atom is -0.491 e. The predicted molar refractivity (Wildman–Crippen MR) is 77.7 cm³/mol. The number of hydrogen-bond acceptors (Lipinski definition) is 2. The van der Waals surface area contributed by atoms with Gasteiger partial charge in [0.05, 0.1) is 12.3 Å². The van der Waals surface area contributed by atoms with Gasteiger partial charge in [0.15, 0.2) is 0 Å². The summed E-state index contributed by atoms with van der Waals surface area (Å²) >= 11 is 6.07. The van der Waals surface area contributed by atoms with Crippen LogP contribution in [0.3, 0.4) is 0 Å². The van der Waals surface area contributed by atoms with E-state index in [1.165, 1.54) is 19.3 Å². The van der Waals surface area contributed by atoms with E-state index in [9.17, 15) is 0 Å².